The largest absolute Gasteiger partial charge is 0.464 e. The summed E-state index contributed by atoms with van der Waals surface area (Å²) < 4.78 is 19.3. The number of anilines is 2. The Morgan fingerprint density at radius 3 is 2.96 bits per heavy atom. The zero-order chi connectivity index (χ0) is 16.6. The Balaban J connectivity index is 1.88. The van der Waals surface area contributed by atoms with Gasteiger partial charge in [0.05, 0.1) is 5.69 Å². The number of nitrogens with zero attached hydrogens (tertiary/aromatic N) is 1. The highest BCUT2D eigenvalue weighted by Crippen LogP contribution is 2.32. The second-order valence-corrected chi connectivity index (χ2v) is 5.45. The van der Waals surface area contributed by atoms with Crippen molar-refractivity contribution in [2.24, 2.45) is 0 Å². The Morgan fingerprint density at radius 2 is 2.22 bits per heavy atom. The molecular weight excluding hydrogens is 325 g/mol. The van der Waals surface area contributed by atoms with Crippen molar-refractivity contribution in [3.05, 3.63) is 47.4 Å². The molecule has 2 heterocycles. The number of hydrogen-bond acceptors (Lipinski definition) is 4. The molecule has 0 saturated heterocycles. The third kappa shape index (κ3) is 2.70. The van der Waals surface area contributed by atoms with Gasteiger partial charge in [-0.1, -0.05) is 11.6 Å². The van der Waals surface area contributed by atoms with Crippen molar-refractivity contribution in [1.29, 1.82) is 0 Å². The number of nitrogens with one attached hydrogen (secondary N) is 2. The summed E-state index contributed by atoms with van der Waals surface area (Å²) in [7, 11) is 0. The molecule has 2 amide bonds. The van der Waals surface area contributed by atoms with Crippen LogP contribution in [0, 0.1) is 5.82 Å². The van der Waals surface area contributed by atoms with Crippen LogP contribution in [0.4, 0.5) is 15.9 Å². The van der Waals surface area contributed by atoms with Gasteiger partial charge in [0.25, 0.3) is 17.4 Å². The molecule has 0 saturated carbocycles. The average molecular weight is 336 g/mol. The monoisotopic (exact) mass is 335 g/mol. The van der Waals surface area contributed by atoms with Crippen molar-refractivity contribution in [1.82, 2.24) is 4.98 Å². The summed E-state index contributed by atoms with van der Waals surface area (Å²) in [6, 6.07) is 6.95. The maximum atomic E-state index is 13.8. The number of rotatable bonds is 2. The molecule has 0 aliphatic carbocycles. The first-order valence-electron chi connectivity index (χ1n) is 6.62. The Kier molecular flexibility index (Phi) is 3.65. The highest BCUT2D eigenvalue weighted by Gasteiger charge is 2.47. The van der Waals surface area contributed by atoms with Crippen LogP contribution in [-0.4, -0.2) is 22.4 Å². The minimum Gasteiger partial charge on any atom is -0.464 e. The minimum absolute atomic E-state index is 0.103. The summed E-state index contributed by atoms with van der Waals surface area (Å²) in [6.45, 7) is 1.29. The van der Waals surface area contributed by atoms with E-state index in [1.807, 2.05) is 0 Å². The smallest absolute Gasteiger partial charge is 0.279 e. The summed E-state index contributed by atoms with van der Waals surface area (Å²) >= 11 is 5.66. The molecule has 2 aromatic rings. The normalized spacial score (nSPS) is 19.3. The molecule has 1 aromatic heterocycles. The lowest BCUT2D eigenvalue weighted by Gasteiger charge is -2.32. The van der Waals surface area contributed by atoms with Gasteiger partial charge in [0.15, 0.2) is 11.6 Å². The van der Waals surface area contributed by atoms with Crippen LogP contribution in [0.5, 0.6) is 5.75 Å². The molecule has 1 atom stereocenters. The SMILES string of the molecule is C[C@@]1(C(=O)Nc2ccc(Cl)cc2F)Oc2cccnc2NC1=O. The number of ether oxygens (including phenoxy) is 1. The quantitative estimate of drug-likeness (QED) is 0.827. The van der Waals surface area contributed by atoms with Crippen LogP contribution in [0.25, 0.3) is 0 Å². The Bertz CT molecular complexity index is 814. The number of carbonyl (C=O) groups excluding carboxylic acids is 2. The van der Waals surface area contributed by atoms with E-state index >= 15 is 0 Å². The maximum absolute atomic E-state index is 13.8. The maximum Gasteiger partial charge on any atom is 0.279 e. The van der Waals surface area contributed by atoms with Crippen LogP contribution < -0.4 is 15.4 Å². The number of carbonyl (C=O) groups is 2. The van der Waals surface area contributed by atoms with E-state index < -0.39 is 23.2 Å². The fraction of sp³-hybridized carbons (Fsp3) is 0.133. The van der Waals surface area contributed by atoms with E-state index in [0.717, 1.165) is 6.07 Å². The van der Waals surface area contributed by atoms with Gasteiger partial charge in [0, 0.05) is 11.2 Å². The molecule has 8 heteroatoms. The standard InChI is InChI=1S/C15H11ClFN3O3/c1-15(13(21)19-10-5-4-8(16)7-9(10)17)14(22)20-12-11(23-15)3-2-6-18-12/h2-7H,1H3,(H,19,21)(H,18,20,22)/t15-/m0/s1. The second kappa shape index (κ2) is 5.51. The Morgan fingerprint density at radius 1 is 1.43 bits per heavy atom. The molecule has 0 fully saturated rings. The summed E-state index contributed by atoms with van der Waals surface area (Å²) in [4.78, 5) is 28.6. The van der Waals surface area contributed by atoms with Crippen molar-refractivity contribution >= 4 is 34.9 Å². The number of benzene rings is 1. The third-order valence-electron chi connectivity index (χ3n) is 3.36. The van der Waals surface area contributed by atoms with E-state index in [2.05, 4.69) is 15.6 Å². The van der Waals surface area contributed by atoms with E-state index in [4.69, 9.17) is 16.3 Å². The van der Waals surface area contributed by atoms with Gasteiger partial charge in [-0.05, 0) is 37.3 Å². The van der Waals surface area contributed by atoms with E-state index in [0.29, 0.717) is 0 Å². The van der Waals surface area contributed by atoms with Crippen molar-refractivity contribution in [2.45, 2.75) is 12.5 Å². The van der Waals surface area contributed by atoms with Gasteiger partial charge in [0.1, 0.15) is 5.82 Å². The summed E-state index contributed by atoms with van der Waals surface area (Å²) in [6.07, 6.45) is 1.48. The van der Waals surface area contributed by atoms with Gasteiger partial charge in [-0.25, -0.2) is 9.37 Å². The zero-order valence-corrected chi connectivity index (χ0v) is 12.6. The molecule has 1 aliphatic rings. The lowest BCUT2D eigenvalue weighted by atomic mass is 10.0. The number of amides is 2. The second-order valence-electron chi connectivity index (χ2n) is 5.02. The number of pyridine rings is 1. The van der Waals surface area contributed by atoms with Crippen molar-refractivity contribution in [2.75, 3.05) is 10.6 Å². The minimum atomic E-state index is -1.86. The molecule has 118 valence electrons. The number of hydrogen-bond donors (Lipinski definition) is 2. The zero-order valence-electron chi connectivity index (χ0n) is 11.9. The predicted octanol–water partition coefficient (Wildman–Crippen LogP) is 2.60. The number of aromatic nitrogens is 1. The van der Waals surface area contributed by atoms with Crippen LogP contribution in [0.1, 0.15) is 6.92 Å². The first-order valence-corrected chi connectivity index (χ1v) is 7.00. The molecule has 0 bridgehead atoms. The van der Waals surface area contributed by atoms with Crippen LogP contribution in [0.2, 0.25) is 5.02 Å². The van der Waals surface area contributed by atoms with Crippen molar-refractivity contribution in [3.8, 4) is 5.75 Å². The van der Waals surface area contributed by atoms with E-state index in [1.54, 1.807) is 12.1 Å². The van der Waals surface area contributed by atoms with Gasteiger partial charge < -0.3 is 15.4 Å². The summed E-state index contributed by atoms with van der Waals surface area (Å²) in [5, 5.41) is 5.01. The Labute approximate surface area is 135 Å². The van der Waals surface area contributed by atoms with Gasteiger partial charge >= 0.3 is 0 Å². The molecule has 2 N–H and O–H groups in total. The molecule has 6 nitrogen and oxygen atoms in total. The molecule has 0 unspecified atom stereocenters. The lowest BCUT2D eigenvalue weighted by Crippen LogP contribution is -2.56. The van der Waals surface area contributed by atoms with Crippen molar-refractivity contribution in [3.63, 3.8) is 0 Å². The lowest BCUT2D eigenvalue weighted by molar-refractivity contribution is -0.143. The van der Waals surface area contributed by atoms with E-state index in [9.17, 15) is 14.0 Å². The molecule has 3 rings (SSSR count). The third-order valence-corrected chi connectivity index (χ3v) is 3.60. The Hall–Kier alpha value is -2.67. The van der Waals surface area contributed by atoms with Crippen LogP contribution >= 0.6 is 11.6 Å². The van der Waals surface area contributed by atoms with E-state index in [-0.39, 0.29) is 22.3 Å². The van der Waals surface area contributed by atoms with Crippen LogP contribution in [0.15, 0.2) is 36.5 Å². The van der Waals surface area contributed by atoms with Gasteiger partial charge in [-0.2, -0.15) is 0 Å². The average Bonchev–Trinajstić information content (AvgIpc) is 2.51. The summed E-state index contributed by atoms with van der Waals surface area (Å²) in [5.41, 5.74) is -1.96. The van der Waals surface area contributed by atoms with Crippen LogP contribution in [0.3, 0.4) is 0 Å². The van der Waals surface area contributed by atoms with Crippen LogP contribution in [-0.2, 0) is 9.59 Å². The predicted molar refractivity (Wildman–Crippen MR) is 81.9 cm³/mol. The fourth-order valence-corrected chi connectivity index (χ4v) is 2.20. The van der Waals surface area contributed by atoms with Crippen molar-refractivity contribution < 1.29 is 18.7 Å². The highest BCUT2D eigenvalue weighted by atomic mass is 35.5. The molecular formula is C15H11ClFN3O3. The number of halogens is 2. The fourth-order valence-electron chi connectivity index (χ4n) is 2.04. The summed E-state index contributed by atoms with van der Waals surface area (Å²) in [5.74, 6) is -1.75. The molecule has 0 spiro atoms. The van der Waals surface area contributed by atoms with E-state index in [1.165, 1.54) is 25.3 Å². The van der Waals surface area contributed by atoms with Gasteiger partial charge in [-0.15, -0.1) is 0 Å². The topological polar surface area (TPSA) is 80.3 Å². The molecule has 1 aromatic carbocycles. The van der Waals surface area contributed by atoms with Gasteiger partial charge in [0.2, 0.25) is 0 Å². The highest BCUT2D eigenvalue weighted by molar-refractivity contribution is 6.30. The van der Waals surface area contributed by atoms with Gasteiger partial charge in [-0.3, -0.25) is 9.59 Å². The first-order chi connectivity index (χ1) is 10.9. The molecule has 0 radical (unpaired) electrons. The molecule has 1 aliphatic heterocycles. The molecule has 23 heavy (non-hydrogen) atoms. The first kappa shape index (κ1) is 15.2. The number of fused-ring (bicyclic) bond motifs is 1.